The fourth-order valence-corrected chi connectivity index (χ4v) is 4.27. The Bertz CT molecular complexity index is 996. The second-order valence-electron chi connectivity index (χ2n) is 12.2. The SMILES string of the molecule is CC(=O)NNCC(OC(CO)CN=O)OC(COC(C(O)COCC(CO)OCOCC(O)CO)C(O)C(O)COCCOCC(CO)NC(C)=O)C(O)CO. The number of nitroso groups, excluding NO2 is 1. The van der Waals surface area contributed by atoms with E-state index in [2.05, 4.69) is 21.3 Å². The Balaban J connectivity index is 5.79. The highest BCUT2D eigenvalue weighted by atomic mass is 16.7. The van der Waals surface area contributed by atoms with Crippen molar-refractivity contribution in [1.29, 1.82) is 0 Å². The summed E-state index contributed by atoms with van der Waals surface area (Å²) in [6, 6.07) is -0.656. The summed E-state index contributed by atoms with van der Waals surface area (Å²) in [7, 11) is 0. The number of hydrazine groups is 1. The van der Waals surface area contributed by atoms with Gasteiger partial charge in [-0.2, -0.15) is 4.91 Å². The molecule has 0 aromatic heterocycles. The number of hydrogen-bond acceptors (Lipinski definition) is 23. The van der Waals surface area contributed by atoms with Gasteiger partial charge in [0.05, 0.1) is 98.5 Å². The van der Waals surface area contributed by atoms with Crippen LogP contribution in [-0.2, 0) is 47.5 Å². The second kappa shape index (κ2) is 33.7. The van der Waals surface area contributed by atoms with E-state index in [4.69, 9.17) is 43.0 Å². The van der Waals surface area contributed by atoms with E-state index in [-0.39, 0.29) is 52.1 Å². The molecule has 25 nitrogen and oxygen atoms in total. The molecule has 0 spiro atoms. The molecule has 13 N–H and O–H groups in total. The standard InChI is InChI=1S/C31H62N4O21/c1-19(41)34-21(7-36)12-49-3-4-50-15-26(45)30(47)31(27(46)16-51-14-24(10-39)54-18-52-13-22(43)8-37)53-17-28(25(44)11-40)56-29(6-32-35-20(2)42)55-23(9-38)5-33-48/h21-32,36-40,43-47H,3-18H2,1-2H3,(H,34,41)(H,35,42). The van der Waals surface area contributed by atoms with Crippen molar-refractivity contribution in [2.75, 3.05) is 106 Å². The number of carbonyl (C=O) groups excluding carboxylic acids is 2. The van der Waals surface area contributed by atoms with Gasteiger partial charge in [-0.3, -0.25) is 15.0 Å². The van der Waals surface area contributed by atoms with Crippen LogP contribution in [0.4, 0.5) is 0 Å². The molecule has 11 unspecified atom stereocenters. The van der Waals surface area contributed by atoms with Gasteiger partial charge in [0, 0.05) is 13.8 Å². The Morgan fingerprint density at radius 2 is 1.30 bits per heavy atom. The fraction of sp³-hybridized carbons (Fsp3) is 0.935. The van der Waals surface area contributed by atoms with Crippen molar-refractivity contribution in [3.8, 4) is 0 Å². The van der Waals surface area contributed by atoms with Crippen LogP contribution in [0.5, 0.6) is 0 Å². The molecule has 56 heavy (non-hydrogen) atoms. The minimum absolute atomic E-state index is 0.0331. The van der Waals surface area contributed by atoms with Gasteiger partial charge >= 0.3 is 0 Å². The summed E-state index contributed by atoms with van der Waals surface area (Å²) in [5, 5.41) is 105. The van der Waals surface area contributed by atoms with Gasteiger partial charge in [-0.05, 0) is 0 Å². The summed E-state index contributed by atoms with van der Waals surface area (Å²) in [6.45, 7) is -4.39. The number of rotatable bonds is 38. The molecule has 0 rings (SSSR count). The number of ether oxygens (including phenoxy) is 8. The maximum Gasteiger partial charge on any atom is 0.230 e. The monoisotopic (exact) mass is 826 g/mol. The van der Waals surface area contributed by atoms with Gasteiger partial charge in [-0.15, -0.1) is 0 Å². The summed E-state index contributed by atoms with van der Waals surface area (Å²) in [5.41, 5.74) is 4.74. The van der Waals surface area contributed by atoms with Crippen molar-refractivity contribution in [2.24, 2.45) is 5.18 Å². The number of aliphatic hydroxyl groups excluding tert-OH is 10. The zero-order chi connectivity index (χ0) is 42.3. The Morgan fingerprint density at radius 1 is 0.643 bits per heavy atom. The highest BCUT2D eigenvalue weighted by molar-refractivity contribution is 5.73. The number of nitrogens with zero attached hydrogens (tertiary/aromatic N) is 1. The zero-order valence-corrected chi connectivity index (χ0v) is 31.6. The van der Waals surface area contributed by atoms with Crippen LogP contribution in [0.15, 0.2) is 5.18 Å². The topological polar surface area (TPSA) is 376 Å². The molecule has 0 heterocycles. The van der Waals surface area contributed by atoms with Crippen molar-refractivity contribution in [1.82, 2.24) is 16.2 Å². The Labute approximate surface area is 323 Å². The van der Waals surface area contributed by atoms with Crippen molar-refractivity contribution in [3.63, 3.8) is 0 Å². The van der Waals surface area contributed by atoms with Crippen LogP contribution in [0, 0.1) is 4.91 Å². The lowest BCUT2D eigenvalue weighted by atomic mass is 10.0. The third kappa shape index (κ3) is 25.9. The van der Waals surface area contributed by atoms with Crippen LogP contribution in [-0.4, -0.2) is 236 Å². The molecule has 0 saturated heterocycles. The number of nitrogens with one attached hydrogen (secondary N) is 3. The summed E-state index contributed by atoms with van der Waals surface area (Å²) >= 11 is 0. The van der Waals surface area contributed by atoms with Gasteiger partial charge in [0.15, 0.2) is 6.29 Å². The van der Waals surface area contributed by atoms with Crippen LogP contribution in [0.25, 0.3) is 0 Å². The average molecular weight is 827 g/mol. The molecular formula is C31H62N4O21. The van der Waals surface area contributed by atoms with E-state index in [1.54, 1.807) is 0 Å². The van der Waals surface area contributed by atoms with Gasteiger partial charge in [-0.25, -0.2) is 5.43 Å². The first-order chi connectivity index (χ1) is 26.8. The van der Waals surface area contributed by atoms with E-state index >= 15 is 0 Å². The predicted octanol–water partition coefficient (Wildman–Crippen LogP) is -7.45. The minimum atomic E-state index is -1.91. The van der Waals surface area contributed by atoms with E-state index in [0.29, 0.717) is 0 Å². The van der Waals surface area contributed by atoms with E-state index < -0.39 is 133 Å². The summed E-state index contributed by atoms with van der Waals surface area (Å²) < 4.78 is 43.4. The molecule has 0 bridgehead atoms. The number of amides is 2. The molecule has 11 atom stereocenters. The van der Waals surface area contributed by atoms with E-state index in [1.807, 2.05) is 0 Å². The Morgan fingerprint density at radius 3 is 1.88 bits per heavy atom. The quantitative estimate of drug-likeness (QED) is 0.0119. The van der Waals surface area contributed by atoms with E-state index in [0.717, 1.165) is 0 Å². The number of carbonyl (C=O) groups is 2. The molecule has 25 heteroatoms. The van der Waals surface area contributed by atoms with Gasteiger partial charge in [0.1, 0.15) is 68.3 Å². The molecule has 0 fully saturated rings. The summed E-state index contributed by atoms with van der Waals surface area (Å²) in [6.07, 6.45) is -15.1. The van der Waals surface area contributed by atoms with Crippen molar-refractivity contribution < 1.29 is 98.5 Å². The Hall–Kier alpha value is -2.22. The van der Waals surface area contributed by atoms with Crippen LogP contribution < -0.4 is 16.2 Å². The second-order valence-corrected chi connectivity index (χ2v) is 12.2. The average Bonchev–Trinajstić information content (AvgIpc) is 3.17. The first kappa shape index (κ1) is 53.8. The molecule has 0 aromatic rings. The lowest BCUT2D eigenvalue weighted by Crippen LogP contribution is -2.52. The van der Waals surface area contributed by atoms with Crippen LogP contribution >= 0.6 is 0 Å². The molecule has 0 aromatic carbocycles. The smallest absolute Gasteiger partial charge is 0.230 e. The normalized spacial score (nSPS) is 17.8. The highest BCUT2D eigenvalue weighted by Crippen LogP contribution is 2.16. The maximum absolute atomic E-state index is 11.3. The van der Waals surface area contributed by atoms with Crippen molar-refractivity contribution in [2.45, 2.75) is 81.1 Å². The number of hydrogen-bond donors (Lipinski definition) is 13. The van der Waals surface area contributed by atoms with Gasteiger partial charge in [0.2, 0.25) is 11.8 Å². The van der Waals surface area contributed by atoms with Crippen LogP contribution in [0.1, 0.15) is 13.8 Å². The molecule has 0 saturated carbocycles. The maximum atomic E-state index is 11.3. The van der Waals surface area contributed by atoms with Crippen molar-refractivity contribution >= 4 is 11.8 Å². The van der Waals surface area contributed by atoms with Gasteiger partial charge in [-0.1, -0.05) is 5.18 Å². The van der Waals surface area contributed by atoms with Crippen molar-refractivity contribution in [3.05, 3.63) is 4.91 Å². The lowest BCUT2D eigenvalue weighted by molar-refractivity contribution is -0.237. The molecule has 0 aliphatic rings. The zero-order valence-electron chi connectivity index (χ0n) is 31.6. The molecule has 0 aliphatic heterocycles. The molecule has 2 amide bonds. The van der Waals surface area contributed by atoms with E-state index in [1.165, 1.54) is 13.8 Å². The third-order valence-electron chi connectivity index (χ3n) is 7.18. The van der Waals surface area contributed by atoms with Gasteiger partial charge in [0.25, 0.3) is 0 Å². The number of aliphatic hydroxyl groups is 10. The van der Waals surface area contributed by atoms with Crippen LogP contribution in [0.2, 0.25) is 0 Å². The minimum Gasteiger partial charge on any atom is -0.394 e. The molecular weight excluding hydrogens is 764 g/mol. The molecule has 0 aliphatic carbocycles. The Kier molecular flexibility index (Phi) is 32.4. The van der Waals surface area contributed by atoms with Crippen LogP contribution in [0.3, 0.4) is 0 Å². The van der Waals surface area contributed by atoms with Gasteiger partial charge < -0.3 is 94.3 Å². The molecule has 0 radical (unpaired) electrons. The summed E-state index contributed by atoms with van der Waals surface area (Å²) in [5.74, 6) is -0.873. The molecule has 332 valence electrons. The summed E-state index contributed by atoms with van der Waals surface area (Å²) in [4.78, 5) is 33.3. The van der Waals surface area contributed by atoms with E-state index in [9.17, 15) is 60.5 Å². The highest BCUT2D eigenvalue weighted by Gasteiger charge is 2.36. The lowest BCUT2D eigenvalue weighted by Gasteiger charge is -2.34. The third-order valence-corrected chi connectivity index (χ3v) is 7.18. The predicted molar refractivity (Wildman–Crippen MR) is 187 cm³/mol. The fourth-order valence-electron chi connectivity index (χ4n) is 4.27. The largest absolute Gasteiger partial charge is 0.394 e. The first-order valence-electron chi connectivity index (χ1n) is 17.6. The first-order valence-corrected chi connectivity index (χ1v) is 17.6.